The Morgan fingerprint density at radius 1 is 1.25 bits per heavy atom. The summed E-state index contributed by atoms with van der Waals surface area (Å²) in [4.78, 5) is 29.6. The van der Waals surface area contributed by atoms with E-state index in [4.69, 9.17) is 0 Å². The molecule has 0 spiro atoms. The number of nitrogens with one attached hydrogen (secondary N) is 1. The summed E-state index contributed by atoms with van der Waals surface area (Å²) >= 11 is 0. The number of rotatable bonds is 7. The number of carbonyl (C=O) groups excluding carboxylic acids is 1. The van der Waals surface area contributed by atoms with Crippen LogP contribution in [0.3, 0.4) is 0 Å². The third-order valence-electron chi connectivity index (χ3n) is 4.39. The number of ketones is 1. The fourth-order valence-corrected chi connectivity index (χ4v) is 2.83. The second-order valence-corrected chi connectivity index (χ2v) is 6.60. The Morgan fingerprint density at radius 3 is 2.68 bits per heavy atom. The molecule has 28 heavy (non-hydrogen) atoms. The summed E-state index contributed by atoms with van der Waals surface area (Å²) in [6, 6.07) is 12.3. The van der Waals surface area contributed by atoms with Gasteiger partial charge in [0.05, 0.1) is 4.92 Å². The van der Waals surface area contributed by atoms with Crippen molar-refractivity contribution in [2.75, 3.05) is 24.3 Å². The van der Waals surface area contributed by atoms with Gasteiger partial charge in [0, 0.05) is 57.4 Å². The minimum absolute atomic E-state index is 0.149. The third kappa shape index (κ3) is 4.01. The molecule has 0 saturated heterocycles. The van der Waals surface area contributed by atoms with Gasteiger partial charge in [-0.15, -0.1) is 0 Å². The molecular weight excluding hydrogens is 358 g/mol. The van der Waals surface area contributed by atoms with E-state index in [0.29, 0.717) is 12.2 Å². The molecule has 0 unspecified atom stereocenters. The summed E-state index contributed by atoms with van der Waals surface area (Å²) in [6.45, 7) is 0.426. The van der Waals surface area contributed by atoms with Gasteiger partial charge >= 0.3 is 0 Å². The highest BCUT2D eigenvalue weighted by atomic mass is 16.6. The highest BCUT2D eigenvalue weighted by Gasteiger charge is 2.20. The molecule has 0 fully saturated rings. The topological polar surface area (TPSA) is 93.3 Å². The van der Waals surface area contributed by atoms with Gasteiger partial charge in [-0.25, -0.2) is 4.98 Å². The minimum atomic E-state index is -0.492. The molecule has 0 saturated carbocycles. The van der Waals surface area contributed by atoms with Crippen LogP contribution in [0.4, 0.5) is 17.1 Å². The van der Waals surface area contributed by atoms with E-state index in [1.54, 1.807) is 29.9 Å². The van der Waals surface area contributed by atoms with Crippen molar-refractivity contribution in [3.8, 4) is 0 Å². The van der Waals surface area contributed by atoms with E-state index in [1.165, 1.54) is 12.3 Å². The Morgan fingerprint density at radius 2 is 2.04 bits per heavy atom. The lowest BCUT2D eigenvalue weighted by Gasteiger charge is -2.14. The number of imidazole rings is 1. The molecule has 0 aliphatic carbocycles. The van der Waals surface area contributed by atoms with E-state index in [2.05, 4.69) is 10.3 Å². The Balaban J connectivity index is 1.84. The number of aryl methyl sites for hydroxylation is 1. The van der Waals surface area contributed by atoms with Gasteiger partial charge in [-0.1, -0.05) is 12.1 Å². The fourth-order valence-electron chi connectivity index (χ4n) is 2.83. The number of benzene rings is 2. The zero-order valence-electron chi connectivity index (χ0n) is 15.9. The number of hydrogen-bond acceptors (Lipinski definition) is 6. The van der Waals surface area contributed by atoms with Crippen molar-refractivity contribution in [3.63, 3.8) is 0 Å². The van der Waals surface area contributed by atoms with Crippen molar-refractivity contribution >= 4 is 22.8 Å². The molecule has 1 heterocycles. The second kappa shape index (κ2) is 7.91. The molecule has 2 aromatic carbocycles. The van der Waals surface area contributed by atoms with E-state index in [1.807, 2.05) is 43.3 Å². The minimum Gasteiger partial charge on any atom is -0.378 e. The van der Waals surface area contributed by atoms with Crippen molar-refractivity contribution < 1.29 is 9.72 Å². The van der Waals surface area contributed by atoms with Gasteiger partial charge in [0.15, 0.2) is 5.82 Å². The van der Waals surface area contributed by atoms with Crippen LogP contribution in [0.25, 0.3) is 0 Å². The average molecular weight is 379 g/mol. The average Bonchev–Trinajstić information content (AvgIpc) is 3.11. The Labute approximate surface area is 162 Å². The van der Waals surface area contributed by atoms with Crippen LogP contribution >= 0.6 is 0 Å². The number of carbonyl (C=O) groups is 1. The molecule has 0 atom stereocenters. The van der Waals surface area contributed by atoms with Crippen LogP contribution in [0, 0.1) is 10.1 Å². The van der Waals surface area contributed by atoms with Gasteiger partial charge < -0.3 is 14.8 Å². The molecule has 0 amide bonds. The molecule has 3 rings (SSSR count). The molecule has 8 heteroatoms. The molecule has 1 aromatic heterocycles. The van der Waals surface area contributed by atoms with Crippen molar-refractivity contribution in [1.29, 1.82) is 0 Å². The Hall–Kier alpha value is -3.68. The number of aromatic nitrogens is 2. The summed E-state index contributed by atoms with van der Waals surface area (Å²) < 4.78 is 1.58. The van der Waals surface area contributed by atoms with E-state index in [0.717, 1.165) is 11.3 Å². The van der Waals surface area contributed by atoms with Gasteiger partial charge in [0.1, 0.15) is 5.69 Å². The zero-order valence-corrected chi connectivity index (χ0v) is 15.9. The third-order valence-corrected chi connectivity index (χ3v) is 4.39. The van der Waals surface area contributed by atoms with E-state index in [-0.39, 0.29) is 22.9 Å². The molecular formula is C20H21N5O3. The normalized spacial score (nSPS) is 10.5. The van der Waals surface area contributed by atoms with Crippen LogP contribution in [0.5, 0.6) is 0 Å². The fraction of sp³-hybridized carbons (Fsp3) is 0.200. The summed E-state index contributed by atoms with van der Waals surface area (Å²) in [6.07, 6.45) is 3.17. The lowest BCUT2D eigenvalue weighted by molar-refractivity contribution is -0.384. The number of hydrogen-bond donors (Lipinski definition) is 1. The second-order valence-electron chi connectivity index (χ2n) is 6.60. The molecule has 144 valence electrons. The standard InChI is InChI=1S/C20H21N5O3/c1-23(2)16-6-4-5-14(11-16)13-22-17-8-7-15(12-18(17)25(27)28)19(26)20-21-9-10-24(20)3/h4-12,22H,13H2,1-3H3. The SMILES string of the molecule is CN(C)c1cccc(CNc2ccc(C(=O)c3nccn3C)cc2[N+](=O)[O-])c1. The van der Waals surface area contributed by atoms with Gasteiger partial charge in [-0.2, -0.15) is 0 Å². The van der Waals surface area contributed by atoms with Crippen LogP contribution in [-0.4, -0.2) is 34.4 Å². The molecule has 0 aliphatic heterocycles. The maximum absolute atomic E-state index is 12.6. The first-order chi connectivity index (χ1) is 13.4. The lowest BCUT2D eigenvalue weighted by atomic mass is 10.1. The molecule has 0 radical (unpaired) electrons. The van der Waals surface area contributed by atoms with Crippen molar-refractivity contribution in [2.24, 2.45) is 7.05 Å². The van der Waals surface area contributed by atoms with Crippen LogP contribution in [0.1, 0.15) is 21.7 Å². The van der Waals surface area contributed by atoms with Gasteiger partial charge in [-0.05, 0) is 29.8 Å². The van der Waals surface area contributed by atoms with Gasteiger partial charge in [-0.3, -0.25) is 14.9 Å². The maximum Gasteiger partial charge on any atom is 0.293 e. The zero-order chi connectivity index (χ0) is 20.3. The van der Waals surface area contributed by atoms with Gasteiger partial charge in [0.25, 0.3) is 5.69 Å². The maximum atomic E-state index is 12.6. The number of nitro benzene ring substituents is 1. The molecule has 3 aromatic rings. The Kier molecular flexibility index (Phi) is 5.39. The predicted octanol–water partition coefficient (Wildman–Crippen LogP) is 3.24. The molecule has 8 nitrogen and oxygen atoms in total. The van der Waals surface area contributed by atoms with Gasteiger partial charge in [0.2, 0.25) is 5.78 Å². The van der Waals surface area contributed by atoms with Crippen LogP contribution in [0.2, 0.25) is 0 Å². The molecule has 1 N–H and O–H groups in total. The molecule has 0 bridgehead atoms. The number of anilines is 2. The summed E-state index contributed by atoms with van der Waals surface area (Å²) in [7, 11) is 5.61. The van der Waals surface area contributed by atoms with Crippen LogP contribution < -0.4 is 10.2 Å². The lowest BCUT2D eigenvalue weighted by Crippen LogP contribution is -2.11. The highest BCUT2D eigenvalue weighted by molar-refractivity contribution is 6.07. The predicted molar refractivity (Wildman–Crippen MR) is 108 cm³/mol. The smallest absolute Gasteiger partial charge is 0.293 e. The van der Waals surface area contributed by atoms with Crippen LogP contribution in [0.15, 0.2) is 54.9 Å². The van der Waals surface area contributed by atoms with Crippen molar-refractivity contribution in [2.45, 2.75) is 6.54 Å². The Bertz CT molecular complexity index is 1030. The van der Waals surface area contributed by atoms with Crippen molar-refractivity contribution in [3.05, 3.63) is 81.9 Å². The summed E-state index contributed by atoms with van der Waals surface area (Å²) in [5.41, 5.74) is 2.47. The summed E-state index contributed by atoms with van der Waals surface area (Å²) in [5, 5.41) is 14.6. The first kappa shape index (κ1) is 19.1. The quantitative estimate of drug-likeness (QED) is 0.385. The van der Waals surface area contributed by atoms with E-state index < -0.39 is 4.92 Å². The van der Waals surface area contributed by atoms with Crippen molar-refractivity contribution in [1.82, 2.24) is 9.55 Å². The summed E-state index contributed by atoms with van der Waals surface area (Å²) in [5.74, 6) is -0.128. The largest absolute Gasteiger partial charge is 0.378 e. The number of nitrogens with zero attached hydrogens (tertiary/aromatic N) is 4. The first-order valence-electron chi connectivity index (χ1n) is 8.67. The first-order valence-corrected chi connectivity index (χ1v) is 8.67. The van der Waals surface area contributed by atoms with Crippen LogP contribution in [-0.2, 0) is 13.6 Å². The number of nitro groups is 1. The van der Waals surface area contributed by atoms with E-state index in [9.17, 15) is 14.9 Å². The highest BCUT2D eigenvalue weighted by Crippen LogP contribution is 2.27. The molecule has 0 aliphatic rings. The van der Waals surface area contributed by atoms with E-state index >= 15 is 0 Å². The monoisotopic (exact) mass is 379 g/mol.